The molecule has 0 amide bonds. The summed E-state index contributed by atoms with van der Waals surface area (Å²) in [6, 6.07) is 6.77. The summed E-state index contributed by atoms with van der Waals surface area (Å²) in [6.45, 7) is 5.91. The van der Waals surface area contributed by atoms with E-state index in [4.69, 9.17) is 0 Å². The lowest BCUT2D eigenvalue weighted by Crippen LogP contribution is -2.01. The van der Waals surface area contributed by atoms with Gasteiger partial charge in [0.05, 0.1) is 4.90 Å². The normalized spacial score (nSPS) is 13.3. The maximum atomic E-state index is 12.0. The molecule has 0 N–H and O–H groups in total. The fourth-order valence-electron chi connectivity index (χ4n) is 1.24. The summed E-state index contributed by atoms with van der Waals surface area (Å²) in [7, 11) is -4.02. The molecule has 1 aromatic rings. The highest BCUT2D eigenvalue weighted by molar-refractivity contribution is 7.99. The van der Waals surface area contributed by atoms with Crippen LogP contribution in [0, 0.1) is 6.92 Å². The SMILES string of the molecule is CC(C)=CC/S(C)=N/S(=O)(=O)c1ccc(C)cc1. The van der Waals surface area contributed by atoms with Gasteiger partial charge >= 0.3 is 0 Å². The maximum absolute atomic E-state index is 12.0. The summed E-state index contributed by atoms with van der Waals surface area (Å²) < 4.78 is 28.0. The minimum atomic E-state index is -3.52. The Labute approximate surface area is 112 Å². The number of aryl methyl sites for hydroxylation is 1. The maximum Gasteiger partial charge on any atom is 0.287 e. The summed E-state index contributed by atoms with van der Waals surface area (Å²) in [6.07, 6.45) is 3.85. The molecule has 1 aromatic carbocycles. The van der Waals surface area contributed by atoms with Gasteiger partial charge in [0.15, 0.2) is 0 Å². The molecule has 0 saturated heterocycles. The Morgan fingerprint density at radius 2 is 1.83 bits per heavy atom. The van der Waals surface area contributed by atoms with Crippen LogP contribution in [-0.4, -0.2) is 20.4 Å². The minimum absolute atomic E-state index is 0.268. The zero-order valence-corrected chi connectivity index (χ0v) is 12.8. The molecule has 100 valence electrons. The van der Waals surface area contributed by atoms with Crippen LogP contribution in [0.25, 0.3) is 0 Å². The zero-order chi connectivity index (χ0) is 13.8. The number of hydrogen-bond acceptors (Lipinski definition) is 2. The molecule has 0 saturated carbocycles. The molecule has 1 atom stereocenters. The molecular formula is C13H19NO2S2. The molecule has 3 nitrogen and oxygen atoms in total. The van der Waals surface area contributed by atoms with E-state index >= 15 is 0 Å². The summed E-state index contributed by atoms with van der Waals surface area (Å²) in [4.78, 5) is 0.268. The molecule has 0 aliphatic rings. The predicted octanol–water partition coefficient (Wildman–Crippen LogP) is 3.08. The predicted molar refractivity (Wildman–Crippen MR) is 78.4 cm³/mol. The highest BCUT2D eigenvalue weighted by atomic mass is 32.3. The van der Waals surface area contributed by atoms with E-state index in [1.165, 1.54) is 5.57 Å². The van der Waals surface area contributed by atoms with Gasteiger partial charge in [0.2, 0.25) is 0 Å². The average Bonchev–Trinajstić information content (AvgIpc) is 2.26. The van der Waals surface area contributed by atoms with Gasteiger partial charge in [-0.05, 0) is 39.2 Å². The number of hydrogen-bond donors (Lipinski definition) is 0. The second kappa shape index (κ2) is 6.29. The Morgan fingerprint density at radius 3 is 2.33 bits per heavy atom. The van der Waals surface area contributed by atoms with Crippen molar-refractivity contribution >= 4 is 20.7 Å². The van der Waals surface area contributed by atoms with Crippen molar-refractivity contribution < 1.29 is 8.42 Å². The van der Waals surface area contributed by atoms with E-state index in [0.29, 0.717) is 5.75 Å². The summed E-state index contributed by atoms with van der Waals surface area (Å²) >= 11 is 0. The number of sulfonamides is 1. The second-order valence-corrected chi connectivity index (χ2v) is 7.96. The highest BCUT2D eigenvalue weighted by Crippen LogP contribution is 2.14. The standard InChI is InChI=1S/C13H19NO2S2/c1-11(2)9-10-17(4)14-18(15,16)13-7-5-12(3)6-8-13/h5-9H,10H2,1-4H3. The lowest BCUT2D eigenvalue weighted by molar-refractivity contribution is 0.598. The second-order valence-electron chi connectivity index (χ2n) is 4.41. The van der Waals surface area contributed by atoms with Crippen LogP contribution >= 0.6 is 0 Å². The first-order chi connectivity index (χ1) is 8.31. The quantitative estimate of drug-likeness (QED) is 0.798. The number of benzene rings is 1. The van der Waals surface area contributed by atoms with Crippen LogP contribution in [0.5, 0.6) is 0 Å². The lowest BCUT2D eigenvalue weighted by atomic mass is 10.2. The molecule has 0 bridgehead atoms. The summed E-state index contributed by atoms with van der Waals surface area (Å²) in [5, 5.41) is 0. The van der Waals surface area contributed by atoms with Gasteiger partial charge in [-0.25, -0.2) is 0 Å². The highest BCUT2D eigenvalue weighted by Gasteiger charge is 2.12. The Balaban J connectivity index is 2.97. The molecule has 0 fully saturated rings. The van der Waals surface area contributed by atoms with E-state index in [1.807, 2.05) is 33.1 Å². The smallest absolute Gasteiger partial charge is 0.199 e. The van der Waals surface area contributed by atoms with Crippen LogP contribution in [0.1, 0.15) is 19.4 Å². The number of rotatable bonds is 4. The molecular weight excluding hydrogens is 266 g/mol. The minimum Gasteiger partial charge on any atom is -0.199 e. The van der Waals surface area contributed by atoms with Crippen molar-refractivity contribution in [1.29, 1.82) is 0 Å². The molecule has 0 radical (unpaired) electrons. The van der Waals surface area contributed by atoms with Crippen LogP contribution in [0.15, 0.2) is 44.6 Å². The Kier molecular flexibility index (Phi) is 5.28. The van der Waals surface area contributed by atoms with Gasteiger partial charge in [0.1, 0.15) is 0 Å². The van der Waals surface area contributed by atoms with E-state index in [1.54, 1.807) is 24.3 Å². The molecule has 0 aromatic heterocycles. The molecule has 0 heterocycles. The fourth-order valence-corrected chi connectivity index (χ4v) is 4.22. The third kappa shape index (κ3) is 4.74. The fraction of sp³-hybridized carbons (Fsp3) is 0.385. The van der Waals surface area contributed by atoms with Crippen molar-refractivity contribution in [3.8, 4) is 0 Å². The van der Waals surface area contributed by atoms with Gasteiger partial charge < -0.3 is 0 Å². The Bertz CT molecular complexity index is 566. The zero-order valence-electron chi connectivity index (χ0n) is 11.2. The number of nitrogens with zero attached hydrogens (tertiary/aromatic N) is 1. The van der Waals surface area contributed by atoms with Gasteiger partial charge in [-0.2, -0.15) is 8.42 Å². The van der Waals surface area contributed by atoms with E-state index in [-0.39, 0.29) is 4.90 Å². The summed E-state index contributed by atoms with van der Waals surface area (Å²) in [5.74, 6) is 0.674. The van der Waals surface area contributed by atoms with Crippen LogP contribution in [0.2, 0.25) is 0 Å². The third-order valence-corrected chi connectivity index (χ3v) is 5.60. The van der Waals surface area contributed by atoms with Gasteiger partial charge in [-0.1, -0.05) is 40.0 Å². The number of allylic oxidation sites excluding steroid dienone is 1. The molecule has 5 heteroatoms. The van der Waals surface area contributed by atoms with Crippen LogP contribution in [0.4, 0.5) is 0 Å². The molecule has 0 spiro atoms. The molecule has 18 heavy (non-hydrogen) atoms. The van der Waals surface area contributed by atoms with Crippen LogP contribution < -0.4 is 0 Å². The Hall–Kier alpha value is -0.940. The van der Waals surface area contributed by atoms with Crippen molar-refractivity contribution in [3.05, 3.63) is 41.5 Å². The van der Waals surface area contributed by atoms with E-state index in [0.717, 1.165) is 5.56 Å². The van der Waals surface area contributed by atoms with Gasteiger partial charge in [0, 0.05) is 5.75 Å². The van der Waals surface area contributed by atoms with Crippen molar-refractivity contribution in [2.75, 3.05) is 12.0 Å². The van der Waals surface area contributed by atoms with Gasteiger partial charge in [-0.3, -0.25) is 0 Å². The topological polar surface area (TPSA) is 46.5 Å². The molecule has 0 aliphatic carbocycles. The van der Waals surface area contributed by atoms with E-state index < -0.39 is 20.7 Å². The first-order valence-electron chi connectivity index (χ1n) is 5.62. The van der Waals surface area contributed by atoms with Gasteiger partial charge in [-0.15, -0.1) is 3.77 Å². The monoisotopic (exact) mass is 285 g/mol. The molecule has 1 rings (SSSR count). The van der Waals surface area contributed by atoms with Crippen molar-refractivity contribution in [2.45, 2.75) is 25.7 Å². The lowest BCUT2D eigenvalue weighted by Gasteiger charge is -2.02. The largest absolute Gasteiger partial charge is 0.287 e. The van der Waals surface area contributed by atoms with Crippen LogP contribution in [0.3, 0.4) is 0 Å². The molecule has 0 aliphatic heterocycles. The van der Waals surface area contributed by atoms with E-state index in [9.17, 15) is 8.42 Å². The third-order valence-electron chi connectivity index (χ3n) is 2.28. The molecule has 1 unspecified atom stereocenters. The first kappa shape index (κ1) is 15.1. The Morgan fingerprint density at radius 1 is 1.28 bits per heavy atom. The van der Waals surface area contributed by atoms with E-state index in [2.05, 4.69) is 3.77 Å². The average molecular weight is 285 g/mol. The van der Waals surface area contributed by atoms with Gasteiger partial charge in [0.25, 0.3) is 10.0 Å². The van der Waals surface area contributed by atoms with Crippen LogP contribution in [-0.2, 0) is 20.7 Å². The van der Waals surface area contributed by atoms with Crippen molar-refractivity contribution in [3.63, 3.8) is 0 Å². The first-order valence-corrected chi connectivity index (χ1v) is 8.82. The van der Waals surface area contributed by atoms with Crippen molar-refractivity contribution in [1.82, 2.24) is 0 Å². The summed E-state index contributed by atoms with van der Waals surface area (Å²) in [5.41, 5.74) is 2.21. The van der Waals surface area contributed by atoms with Crippen molar-refractivity contribution in [2.24, 2.45) is 3.77 Å².